The number of rotatable bonds is 1. The van der Waals surface area contributed by atoms with E-state index in [1.165, 1.54) is 6.08 Å². The van der Waals surface area contributed by atoms with Gasteiger partial charge in [-0.05, 0) is 6.92 Å². The molecule has 0 rings (SSSR count). The third kappa shape index (κ3) is 3.16. The minimum Gasteiger partial charge on any atom is -0.170 e. The van der Waals surface area contributed by atoms with Gasteiger partial charge in [-0.3, -0.25) is 0 Å². The van der Waals surface area contributed by atoms with Crippen molar-refractivity contribution in [3.05, 3.63) is 12.2 Å². The van der Waals surface area contributed by atoms with Gasteiger partial charge < -0.3 is 0 Å². The van der Waals surface area contributed by atoms with Crippen molar-refractivity contribution in [3.8, 4) is 0 Å². The number of hydrogen-bond acceptors (Lipinski definition) is 0. The number of halogens is 3. The molecular weight excluding hydrogens is 129 g/mol. The minimum absolute atomic E-state index is 1.12. The Morgan fingerprint density at radius 1 is 1.33 bits per heavy atom. The zero-order valence-electron chi connectivity index (χ0n) is 5.37. The molecule has 1 atom stereocenters. The van der Waals surface area contributed by atoms with Crippen LogP contribution in [0, 0.1) is 5.92 Å². The van der Waals surface area contributed by atoms with Crippen LogP contribution < -0.4 is 0 Å². The molecule has 0 aliphatic rings. The Balaban J connectivity index is 3.88. The first kappa shape index (κ1) is 8.53. The van der Waals surface area contributed by atoms with Crippen molar-refractivity contribution in [2.75, 3.05) is 0 Å². The van der Waals surface area contributed by atoms with Crippen LogP contribution in [0.25, 0.3) is 0 Å². The van der Waals surface area contributed by atoms with E-state index in [-0.39, 0.29) is 0 Å². The summed E-state index contributed by atoms with van der Waals surface area (Å²) in [5, 5.41) is 0. The van der Waals surface area contributed by atoms with Crippen LogP contribution in [0.2, 0.25) is 0 Å². The van der Waals surface area contributed by atoms with E-state index in [9.17, 15) is 13.2 Å². The zero-order valence-corrected chi connectivity index (χ0v) is 5.37. The van der Waals surface area contributed by atoms with Crippen molar-refractivity contribution in [2.45, 2.75) is 20.0 Å². The zero-order chi connectivity index (χ0) is 7.49. The molecule has 3 heteroatoms. The van der Waals surface area contributed by atoms with Gasteiger partial charge in [0.1, 0.15) is 0 Å². The van der Waals surface area contributed by atoms with Gasteiger partial charge in [0.25, 0.3) is 0 Å². The molecule has 1 unspecified atom stereocenters. The van der Waals surface area contributed by atoms with Crippen LogP contribution >= 0.6 is 0 Å². The Morgan fingerprint density at radius 2 is 1.78 bits per heavy atom. The molecule has 0 aromatic carbocycles. The number of allylic oxidation sites excluding steroid dienone is 2. The van der Waals surface area contributed by atoms with Crippen molar-refractivity contribution in [2.24, 2.45) is 5.92 Å². The maximum absolute atomic E-state index is 11.6. The second-order valence-electron chi connectivity index (χ2n) is 1.86. The van der Waals surface area contributed by atoms with Crippen molar-refractivity contribution in [3.63, 3.8) is 0 Å². The van der Waals surface area contributed by atoms with Gasteiger partial charge in [-0.2, -0.15) is 13.2 Å². The van der Waals surface area contributed by atoms with Crippen LogP contribution in [-0.4, -0.2) is 6.18 Å². The van der Waals surface area contributed by atoms with Gasteiger partial charge in [0.15, 0.2) is 0 Å². The average Bonchev–Trinajstić information content (AvgIpc) is 1.64. The van der Waals surface area contributed by atoms with Crippen molar-refractivity contribution in [1.82, 2.24) is 0 Å². The van der Waals surface area contributed by atoms with E-state index in [0.29, 0.717) is 0 Å². The van der Waals surface area contributed by atoms with Crippen LogP contribution in [0.1, 0.15) is 13.8 Å². The standard InChI is InChI=1S/C6H9F3/c1-3-4-5(2)6(7,8)9/h3-5H,1-2H3/b4-3+. The van der Waals surface area contributed by atoms with Gasteiger partial charge in [-0.15, -0.1) is 0 Å². The molecule has 0 saturated carbocycles. The van der Waals surface area contributed by atoms with Crippen molar-refractivity contribution < 1.29 is 13.2 Å². The van der Waals surface area contributed by atoms with Gasteiger partial charge in [0.2, 0.25) is 0 Å². The van der Waals surface area contributed by atoms with E-state index in [0.717, 1.165) is 13.0 Å². The summed E-state index contributed by atoms with van der Waals surface area (Å²) in [6.45, 7) is 2.70. The van der Waals surface area contributed by atoms with Crippen LogP contribution in [-0.2, 0) is 0 Å². The van der Waals surface area contributed by atoms with E-state index >= 15 is 0 Å². The first-order chi connectivity index (χ1) is 3.98. The Morgan fingerprint density at radius 3 is 1.89 bits per heavy atom. The van der Waals surface area contributed by atoms with Gasteiger partial charge in [0, 0.05) is 0 Å². The van der Waals surface area contributed by atoms with E-state index < -0.39 is 12.1 Å². The van der Waals surface area contributed by atoms with E-state index in [1.807, 2.05) is 0 Å². The summed E-state index contributed by atoms with van der Waals surface area (Å²) in [6, 6.07) is 0. The molecular formula is C6H9F3. The van der Waals surface area contributed by atoms with Crippen molar-refractivity contribution in [1.29, 1.82) is 0 Å². The highest BCUT2D eigenvalue weighted by atomic mass is 19.4. The molecule has 0 saturated heterocycles. The normalized spacial score (nSPS) is 16.6. The van der Waals surface area contributed by atoms with E-state index in [2.05, 4.69) is 0 Å². The van der Waals surface area contributed by atoms with E-state index in [1.54, 1.807) is 6.92 Å². The van der Waals surface area contributed by atoms with E-state index in [4.69, 9.17) is 0 Å². The highest BCUT2D eigenvalue weighted by molar-refractivity contribution is 4.86. The number of hydrogen-bond donors (Lipinski definition) is 0. The summed E-state index contributed by atoms with van der Waals surface area (Å²) in [7, 11) is 0. The topological polar surface area (TPSA) is 0 Å². The lowest BCUT2D eigenvalue weighted by Gasteiger charge is -2.09. The molecule has 0 aliphatic carbocycles. The fourth-order valence-corrected chi connectivity index (χ4v) is 0.398. The van der Waals surface area contributed by atoms with Gasteiger partial charge in [0.05, 0.1) is 5.92 Å². The summed E-state index contributed by atoms with van der Waals surface area (Å²) in [6.07, 6.45) is -1.55. The lowest BCUT2D eigenvalue weighted by atomic mass is 10.1. The van der Waals surface area contributed by atoms with Crippen molar-refractivity contribution >= 4 is 0 Å². The Labute approximate surface area is 52.4 Å². The second-order valence-corrected chi connectivity index (χ2v) is 1.86. The van der Waals surface area contributed by atoms with Gasteiger partial charge >= 0.3 is 6.18 Å². The maximum Gasteiger partial charge on any atom is 0.394 e. The second kappa shape index (κ2) is 2.90. The van der Waals surface area contributed by atoms with Gasteiger partial charge in [-0.1, -0.05) is 19.1 Å². The summed E-state index contributed by atoms with van der Waals surface area (Å²) >= 11 is 0. The SMILES string of the molecule is C/C=C/C(C)C(F)(F)F. The minimum atomic E-state index is -4.08. The summed E-state index contributed by atoms with van der Waals surface area (Å²) in [5.74, 6) is -1.32. The molecule has 0 N–H and O–H groups in total. The maximum atomic E-state index is 11.6. The Kier molecular flexibility index (Phi) is 2.74. The molecule has 0 aromatic rings. The largest absolute Gasteiger partial charge is 0.394 e. The fourth-order valence-electron chi connectivity index (χ4n) is 0.398. The fraction of sp³-hybridized carbons (Fsp3) is 0.667. The molecule has 0 radical (unpaired) electrons. The Hall–Kier alpha value is -0.470. The molecule has 9 heavy (non-hydrogen) atoms. The predicted molar refractivity (Wildman–Crippen MR) is 30.0 cm³/mol. The monoisotopic (exact) mass is 138 g/mol. The molecule has 0 amide bonds. The predicted octanol–water partition coefficient (Wildman–Crippen LogP) is 2.76. The summed E-state index contributed by atoms with van der Waals surface area (Å²) < 4.78 is 34.8. The molecule has 0 spiro atoms. The molecule has 0 heterocycles. The lowest BCUT2D eigenvalue weighted by Crippen LogP contribution is -2.17. The Bertz CT molecular complexity index is 101. The molecule has 0 fully saturated rings. The lowest BCUT2D eigenvalue weighted by molar-refractivity contribution is -0.156. The van der Waals surface area contributed by atoms with Crippen LogP contribution in [0.3, 0.4) is 0 Å². The summed E-state index contributed by atoms with van der Waals surface area (Å²) in [4.78, 5) is 0. The number of alkyl halides is 3. The summed E-state index contributed by atoms with van der Waals surface area (Å²) in [5.41, 5.74) is 0. The van der Waals surface area contributed by atoms with Crippen LogP contribution in [0.15, 0.2) is 12.2 Å². The highest BCUT2D eigenvalue weighted by Gasteiger charge is 2.33. The molecule has 54 valence electrons. The van der Waals surface area contributed by atoms with Crippen LogP contribution in [0.4, 0.5) is 13.2 Å². The molecule has 0 bridgehead atoms. The average molecular weight is 138 g/mol. The molecule has 0 aromatic heterocycles. The quantitative estimate of drug-likeness (QED) is 0.489. The smallest absolute Gasteiger partial charge is 0.170 e. The first-order valence-corrected chi connectivity index (χ1v) is 2.68. The molecule has 0 aliphatic heterocycles. The van der Waals surface area contributed by atoms with Gasteiger partial charge in [-0.25, -0.2) is 0 Å². The highest BCUT2D eigenvalue weighted by Crippen LogP contribution is 2.26. The third-order valence-corrected chi connectivity index (χ3v) is 0.997. The first-order valence-electron chi connectivity index (χ1n) is 2.68. The third-order valence-electron chi connectivity index (χ3n) is 0.997. The molecule has 0 nitrogen and oxygen atoms in total. The van der Waals surface area contributed by atoms with Crippen LogP contribution in [0.5, 0.6) is 0 Å².